The number of hydrogen-bond acceptors (Lipinski definition) is 4. The Morgan fingerprint density at radius 1 is 1.36 bits per heavy atom. The molecule has 6 heteroatoms. The average molecular weight is 341 g/mol. The summed E-state index contributed by atoms with van der Waals surface area (Å²) in [6, 6.07) is 7.68. The normalized spacial score (nSPS) is 16.4. The Morgan fingerprint density at radius 2 is 2.16 bits per heavy atom. The Labute approximate surface area is 147 Å². The second-order valence-electron chi connectivity index (χ2n) is 6.73. The van der Waals surface area contributed by atoms with Crippen molar-refractivity contribution in [2.45, 2.75) is 39.0 Å². The van der Waals surface area contributed by atoms with Gasteiger partial charge in [-0.3, -0.25) is 9.48 Å². The molecule has 1 fully saturated rings. The first-order valence-corrected chi connectivity index (χ1v) is 8.82. The van der Waals surface area contributed by atoms with E-state index < -0.39 is 0 Å². The Hall–Kier alpha value is -2.34. The number of amides is 1. The molecule has 6 nitrogen and oxygen atoms in total. The highest BCUT2D eigenvalue weighted by Gasteiger charge is 2.29. The number of ether oxygens (including phenoxy) is 2. The first kappa shape index (κ1) is 16.1. The van der Waals surface area contributed by atoms with Crippen LogP contribution in [0.2, 0.25) is 0 Å². The molecule has 4 rings (SSSR count). The van der Waals surface area contributed by atoms with Gasteiger partial charge in [-0.1, -0.05) is 12.1 Å². The predicted molar refractivity (Wildman–Crippen MR) is 92.5 cm³/mol. The Bertz CT molecular complexity index is 763. The lowest BCUT2D eigenvalue weighted by atomic mass is 10.1. The summed E-state index contributed by atoms with van der Waals surface area (Å²) in [6.07, 6.45) is 3.37. The highest BCUT2D eigenvalue weighted by Crippen LogP contribution is 2.32. The van der Waals surface area contributed by atoms with E-state index in [9.17, 15) is 4.79 Å². The van der Waals surface area contributed by atoms with E-state index in [1.54, 1.807) is 7.11 Å². The molecular weight excluding hydrogens is 318 g/mol. The summed E-state index contributed by atoms with van der Waals surface area (Å²) in [5, 5.41) is 7.59. The van der Waals surface area contributed by atoms with Crippen LogP contribution < -0.4 is 10.1 Å². The van der Waals surface area contributed by atoms with Crippen LogP contribution in [0.3, 0.4) is 0 Å². The zero-order valence-corrected chi connectivity index (χ0v) is 14.5. The van der Waals surface area contributed by atoms with E-state index in [0.717, 1.165) is 35.8 Å². The van der Waals surface area contributed by atoms with Crippen LogP contribution in [0.15, 0.2) is 24.3 Å². The minimum absolute atomic E-state index is 0.132. The maximum Gasteiger partial charge on any atom is 0.272 e. The number of hydrogen-bond donors (Lipinski definition) is 1. The molecule has 0 bridgehead atoms. The van der Waals surface area contributed by atoms with E-state index in [1.807, 2.05) is 28.9 Å². The molecule has 1 aromatic carbocycles. The van der Waals surface area contributed by atoms with E-state index in [1.165, 1.54) is 18.5 Å². The molecule has 0 saturated heterocycles. The van der Waals surface area contributed by atoms with Gasteiger partial charge < -0.3 is 14.8 Å². The minimum atomic E-state index is -0.132. The van der Waals surface area contributed by atoms with Gasteiger partial charge in [0.15, 0.2) is 5.69 Å². The van der Waals surface area contributed by atoms with Gasteiger partial charge in [-0.05, 0) is 36.5 Å². The van der Waals surface area contributed by atoms with Crippen molar-refractivity contribution >= 4 is 5.91 Å². The molecule has 25 heavy (non-hydrogen) atoms. The summed E-state index contributed by atoms with van der Waals surface area (Å²) in [6.45, 7) is 2.57. The second-order valence-corrected chi connectivity index (χ2v) is 6.73. The topological polar surface area (TPSA) is 65.4 Å². The molecule has 0 spiro atoms. The monoisotopic (exact) mass is 341 g/mol. The van der Waals surface area contributed by atoms with Gasteiger partial charge in [0, 0.05) is 30.8 Å². The van der Waals surface area contributed by atoms with Crippen molar-refractivity contribution in [2.24, 2.45) is 5.92 Å². The van der Waals surface area contributed by atoms with Gasteiger partial charge >= 0.3 is 0 Å². The van der Waals surface area contributed by atoms with Gasteiger partial charge in [0.05, 0.1) is 20.3 Å². The number of methoxy groups -OCH3 is 1. The van der Waals surface area contributed by atoms with Crippen molar-refractivity contribution < 1.29 is 14.3 Å². The molecule has 0 radical (unpaired) electrons. The van der Waals surface area contributed by atoms with Crippen molar-refractivity contribution in [2.75, 3.05) is 13.7 Å². The van der Waals surface area contributed by atoms with E-state index in [4.69, 9.17) is 9.47 Å². The minimum Gasteiger partial charge on any atom is -0.497 e. The molecule has 2 heterocycles. The summed E-state index contributed by atoms with van der Waals surface area (Å²) in [7, 11) is 1.64. The van der Waals surface area contributed by atoms with Gasteiger partial charge in [-0.15, -0.1) is 0 Å². The fourth-order valence-electron chi connectivity index (χ4n) is 3.20. The molecule has 0 atom stereocenters. The van der Waals surface area contributed by atoms with Crippen molar-refractivity contribution in [1.29, 1.82) is 0 Å². The number of nitrogens with zero attached hydrogens (tertiary/aromatic N) is 2. The lowest BCUT2D eigenvalue weighted by molar-refractivity contribution is 0.0922. The fourth-order valence-corrected chi connectivity index (χ4v) is 3.20. The maximum atomic E-state index is 12.7. The van der Waals surface area contributed by atoms with Crippen LogP contribution in [-0.4, -0.2) is 29.4 Å². The summed E-state index contributed by atoms with van der Waals surface area (Å²) in [4.78, 5) is 12.7. The van der Waals surface area contributed by atoms with E-state index >= 15 is 0 Å². The van der Waals surface area contributed by atoms with Crippen LogP contribution >= 0.6 is 0 Å². The molecule has 132 valence electrons. The Balaban J connectivity index is 1.47. The van der Waals surface area contributed by atoms with Crippen LogP contribution in [0.25, 0.3) is 0 Å². The molecule has 1 aliphatic carbocycles. The molecule has 1 aliphatic heterocycles. The number of carbonyl (C=O) groups excluding carboxylic acids is 1. The molecule has 1 N–H and O–H groups in total. The Kier molecular flexibility index (Phi) is 4.44. The lowest BCUT2D eigenvalue weighted by Gasteiger charge is -2.15. The molecule has 2 aromatic rings. The van der Waals surface area contributed by atoms with E-state index in [2.05, 4.69) is 10.4 Å². The number of aromatic nitrogens is 2. The van der Waals surface area contributed by atoms with E-state index in [-0.39, 0.29) is 5.91 Å². The van der Waals surface area contributed by atoms with Gasteiger partial charge in [0.25, 0.3) is 5.91 Å². The molecule has 1 saturated carbocycles. The van der Waals surface area contributed by atoms with Crippen LogP contribution in [-0.2, 0) is 30.9 Å². The van der Waals surface area contributed by atoms with Crippen LogP contribution in [0.4, 0.5) is 0 Å². The van der Waals surface area contributed by atoms with Crippen LogP contribution in [0, 0.1) is 5.92 Å². The predicted octanol–water partition coefficient (Wildman–Crippen LogP) is 2.30. The maximum absolute atomic E-state index is 12.7. The highest BCUT2D eigenvalue weighted by molar-refractivity contribution is 5.94. The number of nitrogens with one attached hydrogen (secondary N) is 1. The standard InChI is InChI=1S/C19H23N3O3/c1-24-15-6-4-13(5-7-15)10-20-19(23)18-16-12-25-9-8-17(16)22(21-18)11-14-2-3-14/h4-7,14H,2-3,8-12H2,1H3,(H,20,23). The SMILES string of the molecule is COc1ccc(CNC(=O)c2nn(CC3CC3)c3c2COCC3)cc1. The van der Waals surface area contributed by atoms with Gasteiger partial charge in [0.2, 0.25) is 0 Å². The lowest BCUT2D eigenvalue weighted by Crippen LogP contribution is -2.25. The molecule has 1 aromatic heterocycles. The van der Waals surface area contributed by atoms with Crippen molar-refractivity contribution in [3.8, 4) is 5.75 Å². The van der Waals surface area contributed by atoms with Gasteiger partial charge in [-0.25, -0.2) is 0 Å². The second kappa shape index (κ2) is 6.88. The molecule has 1 amide bonds. The first-order chi connectivity index (χ1) is 12.2. The van der Waals surface area contributed by atoms with Crippen LogP contribution in [0.1, 0.15) is 40.2 Å². The molecular formula is C19H23N3O3. The quantitative estimate of drug-likeness (QED) is 0.876. The third-order valence-electron chi connectivity index (χ3n) is 4.85. The zero-order valence-electron chi connectivity index (χ0n) is 14.5. The Morgan fingerprint density at radius 3 is 2.88 bits per heavy atom. The average Bonchev–Trinajstić information content (AvgIpc) is 3.40. The van der Waals surface area contributed by atoms with Gasteiger partial charge in [0.1, 0.15) is 5.75 Å². The summed E-state index contributed by atoms with van der Waals surface area (Å²) in [5.74, 6) is 1.40. The van der Waals surface area contributed by atoms with Crippen LogP contribution in [0.5, 0.6) is 5.75 Å². The summed E-state index contributed by atoms with van der Waals surface area (Å²) >= 11 is 0. The summed E-state index contributed by atoms with van der Waals surface area (Å²) < 4.78 is 12.8. The first-order valence-electron chi connectivity index (χ1n) is 8.82. The highest BCUT2D eigenvalue weighted by atomic mass is 16.5. The summed E-state index contributed by atoms with van der Waals surface area (Å²) in [5.41, 5.74) is 3.67. The smallest absolute Gasteiger partial charge is 0.272 e. The number of carbonyl (C=O) groups is 1. The third kappa shape index (κ3) is 3.54. The van der Waals surface area contributed by atoms with Crippen molar-refractivity contribution in [1.82, 2.24) is 15.1 Å². The number of benzene rings is 1. The molecule has 2 aliphatic rings. The number of fused-ring (bicyclic) bond motifs is 1. The fraction of sp³-hybridized carbons (Fsp3) is 0.474. The largest absolute Gasteiger partial charge is 0.497 e. The van der Waals surface area contributed by atoms with Crippen molar-refractivity contribution in [3.63, 3.8) is 0 Å². The number of rotatable bonds is 6. The van der Waals surface area contributed by atoms with E-state index in [0.29, 0.717) is 25.5 Å². The zero-order chi connectivity index (χ0) is 17.2. The molecule has 0 unspecified atom stereocenters. The third-order valence-corrected chi connectivity index (χ3v) is 4.85. The van der Waals surface area contributed by atoms with Gasteiger partial charge in [-0.2, -0.15) is 5.10 Å². The van der Waals surface area contributed by atoms with Crippen molar-refractivity contribution in [3.05, 3.63) is 46.8 Å².